The summed E-state index contributed by atoms with van der Waals surface area (Å²) < 4.78 is 0. The zero-order valence-electron chi connectivity index (χ0n) is 9.43. The Balaban J connectivity index is 3.61. The van der Waals surface area contributed by atoms with E-state index in [2.05, 4.69) is 31.1 Å². The normalized spacial score (nSPS) is 16.2. The number of aliphatic hydroxyl groups is 1. The molecule has 0 aliphatic carbocycles. The molecule has 0 aromatic carbocycles. The van der Waals surface area contributed by atoms with Gasteiger partial charge in [0.25, 0.3) is 0 Å². The van der Waals surface area contributed by atoms with E-state index in [-0.39, 0.29) is 12.1 Å². The molecule has 1 atom stereocenters. The van der Waals surface area contributed by atoms with Crippen molar-refractivity contribution in [1.29, 1.82) is 0 Å². The van der Waals surface area contributed by atoms with Gasteiger partial charge in [0.2, 0.25) is 0 Å². The van der Waals surface area contributed by atoms with Gasteiger partial charge in [0, 0.05) is 5.54 Å². The highest BCUT2D eigenvalue weighted by atomic mass is 16.3. The molecule has 0 amide bonds. The predicted molar refractivity (Wildman–Crippen MR) is 57.0 cm³/mol. The Bertz CT molecular complexity index is 124. The van der Waals surface area contributed by atoms with Gasteiger partial charge in [-0.2, -0.15) is 0 Å². The van der Waals surface area contributed by atoms with Crippen molar-refractivity contribution in [3.63, 3.8) is 0 Å². The number of rotatable bonds is 7. The summed E-state index contributed by atoms with van der Waals surface area (Å²) in [6.45, 7) is 6.62. The summed E-state index contributed by atoms with van der Waals surface area (Å²) in [6, 6.07) is 0. The summed E-state index contributed by atoms with van der Waals surface area (Å²) >= 11 is 0. The molecule has 0 saturated heterocycles. The molecule has 0 aromatic heterocycles. The van der Waals surface area contributed by atoms with Crippen LogP contribution in [0.15, 0.2) is 0 Å². The maximum atomic E-state index is 9.13. The summed E-state index contributed by atoms with van der Waals surface area (Å²) in [6.07, 6.45) is 2.15. The van der Waals surface area contributed by atoms with Crippen molar-refractivity contribution >= 4 is 0 Å². The molecule has 0 bridgehead atoms. The number of hydrogen-bond acceptors (Lipinski definition) is 3. The van der Waals surface area contributed by atoms with Gasteiger partial charge in [-0.25, -0.2) is 0 Å². The third kappa shape index (κ3) is 5.24. The first-order valence-electron chi connectivity index (χ1n) is 5.06. The number of nitrogens with one attached hydrogen (secondary N) is 1. The highest BCUT2D eigenvalue weighted by Gasteiger charge is 2.19. The van der Waals surface area contributed by atoms with Gasteiger partial charge in [0.05, 0.1) is 6.61 Å². The van der Waals surface area contributed by atoms with Gasteiger partial charge >= 0.3 is 0 Å². The van der Waals surface area contributed by atoms with E-state index in [1.54, 1.807) is 0 Å². The van der Waals surface area contributed by atoms with Crippen molar-refractivity contribution in [3.8, 4) is 0 Å². The van der Waals surface area contributed by atoms with Gasteiger partial charge < -0.3 is 15.3 Å². The Morgan fingerprint density at radius 3 is 2.46 bits per heavy atom. The van der Waals surface area contributed by atoms with Crippen molar-refractivity contribution in [2.24, 2.45) is 0 Å². The molecule has 0 aromatic rings. The zero-order valence-corrected chi connectivity index (χ0v) is 9.43. The second-order valence-electron chi connectivity index (χ2n) is 3.97. The molecule has 80 valence electrons. The second kappa shape index (κ2) is 6.35. The van der Waals surface area contributed by atoms with E-state index in [4.69, 9.17) is 5.11 Å². The number of likely N-dealkylation sites (N-methyl/N-ethyl adjacent to an activating group) is 1. The van der Waals surface area contributed by atoms with Crippen LogP contribution in [0.5, 0.6) is 0 Å². The predicted octanol–water partition coefficient (Wildman–Crippen LogP) is 0.689. The van der Waals surface area contributed by atoms with Crippen LogP contribution in [0.25, 0.3) is 0 Å². The summed E-state index contributed by atoms with van der Waals surface area (Å²) in [5, 5.41) is 12.3. The van der Waals surface area contributed by atoms with Crippen molar-refractivity contribution in [2.45, 2.75) is 32.2 Å². The van der Waals surface area contributed by atoms with Crippen LogP contribution in [-0.2, 0) is 0 Å². The van der Waals surface area contributed by atoms with Gasteiger partial charge in [-0.3, -0.25) is 0 Å². The van der Waals surface area contributed by atoms with Crippen LogP contribution in [0.3, 0.4) is 0 Å². The van der Waals surface area contributed by atoms with Gasteiger partial charge in [0.1, 0.15) is 0 Å². The van der Waals surface area contributed by atoms with Crippen LogP contribution < -0.4 is 5.32 Å². The summed E-state index contributed by atoms with van der Waals surface area (Å²) in [4.78, 5) is 2.29. The lowest BCUT2D eigenvalue weighted by atomic mass is 9.97. The van der Waals surface area contributed by atoms with Crippen molar-refractivity contribution in [3.05, 3.63) is 0 Å². The van der Waals surface area contributed by atoms with E-state index in [0.717, 1.165) is 25.9 Å². The monoisotopic (exact) mass is 188 g/mol. The highest BCUT2D eigenvalue weighted by Crippen LogP contribution is 2.10. The molecule has 2 N–H and O–H groups in total. The molecule has 0 heterocycles. The summed E-state index contributed by atoms with van der Waals surface area (Å²) in [5.41, 5.74) is -0.103. The van der Waals surface area contributed by atoms with E-state index in [0.29, 0.717) is 0 Å². The second-order valence-corrected chi connectivity index (χ2v) is 3.97. The van der Waals surface area contributed by atoms with E-state index >= 15 is 0 Å². The van der Waals surface area contributed by atoms with Crippen LogP contribution in [0.2, 0.25) is 0 Å². The van der Waals surface area contributed by atoms with E-state index in [1.807, 2.05) is 7.05 Å². The first kappa shape index (κ1) is 12.9. The maximum Gasteiger partial charge on any atom is 0.0610 e. The molecule has 0 rings (SSSR count). The molecular weight excluding hydrogens is 164 g/mol. The quantitative estimate of drug-likeness (QED) is 0.617. The average Bonchev–Trinajstić information content (AvgIpc) is 2.17. The van der Waals surface area contributed by atoms with E-state index < -0.39 is 0 Å². The Morgan fingerprint density at radius 1 is 1.46 bits per heavy atom. The number of nitrogens with zero attached hydrogens (tertiary/aromatic N) is 1. The standard InChI is InChI=1S/C10H24N2O/c1-5-12(4)8-6-7-10(2,9-13)11-3/h11,13H,5-9H2,1-4H3. The van der Waals surface area contributed by atoms with Crippen molar-refractivity contribution < 1.29 is 5.11 Å². The Kier molecular flexibility index (Phi) is 6.29. The summed E-state index contributed by atoms with van der Waals surface area (Å²) in [7, 11) is 4.02. The lowest BCUT2D eigenvalue weighted by Gasteiger charge is -2.27. The van der Waals surface area contributed by atoms with Gasteiger partial charge in [-0.1, -0.05) is 6.92 Å². The molecule has 3 nitrogen and oxygen atoms in total. The lowest BCUT2D eigenvalue weighted by molar-refractivity contribution is 0.167. The fraction of sp³-hybridized carbons (Fsp3) is 1.00. The van der Waals surface area contributed by atoms with E-state index in [9.17, 15) is 0 Å². The largest absolute Gasteiger partial charge is 0.394 e. The van der Waals surface area contributed by atoms with Gasteiger partial charge in [-0.15, -0.1) is 0 Å². The maximum absolute atomic E-state index is 9.13. The first-order chi connectivity index (χ1) is 6.08. The molecule has 1 unspecified atom stereocenters. The first-order valence-corrected chi connectivity index (χ1v) is 5.06. The Hall–Kier alpha value is -0.120. The Labute approximate surface area is 82.1 Å². The zero-order chi connectivity index (χ0) is 10.3. The van der Waals surface area contributed by atoms with Crippen molar-refractivity contribution in [1.82, 2.24) is 10.2 Å². The van der Waals surface area contributed by atoms with E-state index in [1.165, 1.54) is 0 Å². The minimum absolute atomic E-state index is 0.103. The smallest absolute Gasteiger partial charge is 0.0610 e. The minimum atomic E-state index is -0.103. The molecule has 0 spiro atoms. The Morgan fingerprint density at radius 2 is 2.08 bits per heavy atom. The molecular formula is C10H24N2O. The van der Waals surface area contributed by atoms with Crippen LogP contribution in [0.4, 0.5) is 0 Å². The fourth-order valence-electron chi connectivity index (χ4n) is 1.18. The number of aliphatic hydroxyl groups excluding tert-OH is 1. The third-order valence-electron chi connectivity index (χ3n) is 2.76. The minimum Gasteiger partial charge on any atom is -0.394 e. The molecule has 13 heavy (non-hydrogen) atoms. The van der Waals surface area contributed by atoms with Gasteiger partial charge in [0.15, 0.2) is 0 Å². The third-order valence-corrected chi connectivity index (χ3v) is 2.76. The average molecular weight is 188 g/mol. The molecule has 0 saturated carbocycles. The molecule has 0 fully saturated rings. The van der Waals surface area contributed by atoms with Crippen LogP contribution in [0.1, 0.15) is 26.7 Å². The number of hydrogen-bond donors (Lipinski definition) is 2. The van der Waals surface area contributed by atoms with Crippen LogP contribution >= 0.6 is 0 Å². The SMILES string of the molecule is CCN(C)CCCC(C)(CO)NC. The van der Waals surface area contributed by atoms with Crippen LogP contribution in [0, 0.1) is 0 Å². The molecule has 0 aliphatic rings. The molecule has 0 aliphatic heterocycles. The fourth-order valence-corrected chi connectivity index (χ4v) is 1.18. The topological polar surface area (TPSA) is 35.5 Å². The molecule has 0 radical (unpaired) electrons. The molecule has 3 heteroatoms. The highest BCUT2D eigenvalue weighted by molar-refractivity contribution is 4.80. The van der Waals surface area contributed by atoms with Crippen LogP contribution in [-0.4, -0.2) is 49.3 Å². The lowest BCUT2D eigenvalue weighted by Crippen LogP contribution is -2.43. The van der Waals surface area contributed by atoms with Gasteiger partial charge in [-0.05, 0) is 47.0 Å². The van der Waals surface area contributed by atoms with Crippen molar-refractivity contribution in [2.75, 3.05) is 33.8 Å². The summed E-state index contributed by atoms with van der Waals surface area (Å²) in [5.74, 6) is 0.